The van der Waals surface area contributed by atoms with Gasteiger partial charge in [0.15, 0.2) is 0 Å². The number of benzene rings is 1. The fourth-order valence-electron chi connectivity index (χ4n) is 3.12. The van der Waals surface area contributed by atoms with Crippen LogP contribution in [0.5, 0.6) is 5.88 Å². The summed E-state index contributed by atoms with van der Waals surface area (Å²) in [5.41, 5.74) is 1.42. The number of alkyl carbamates (subject to hydrolysis) is 1. The van der Waals surface area contributed by atoms with E-state index in [0.29, 0.717) is 12.5 Å². The second-order valence-corrected chi connectivity index (χ2v) is 7.92. The van der Waals surface area contributed by atoms with Crippen LogP contribution in [-0.2, 0) is 9.47 Å². The van der Waals surface area contributed by atoms with E-state index in [4.69, 9.17) is 14.2 Å². The minimum Gasteiger partial charge on any atom is -0.481 e. The zero-order chi connectivity index (χ0) is 20.1. The fourth-order valence-corrected chi connectivity index (χ4v) is 3.12. The van der Waals surface area contributed by atoms with E-state index in [1.807, 2.05) is 57.2 Å². The number of nitrogens with zero attached hydrogens (tertiary/aromatic N) is 1. The van der Waals surface area contributed by atoms with E-state index in [-0.39, 0.29) is 12.1 Å². The van der Waals surface area contributed by atoms with Crippen molar-refractivity contribution in [2.45, 2.75) is 51.4 Å². The van der Waals surface area contributed by atoms with Gasteiger partial charge in [0.1, 0.15) is 5.60 Å². The molecule has 0 spiro atoms. The molecule has 28 heavy (non-hydrogen) atoms. The number of carbonyl (C=O) groups is 1. The SMILES string of the molecule is COc1ccc2cccc(/C=C/[C@@H]3CC[C@@H](NC(=O)OC(C)(C)C)CO3)c2n1. The van der Waals surface area contributed by atoms with E-state index < -0.39 is 11.7 Å². The van der Waals surface area contributed by atoms with Crippen molar-refractivity contribution in [1.29, 1.82) is 0 Å². The summed E-state index contributed by atoms with van der Waals surface area (Å²) in [6.45, 7) is 6.02. The van der Waals surface area contributed by atoms with E-state index in [2.05, 4.69) is 16.4 Å². The molecule has 0 aliphatic carbocycles. The second-order valence-electron chi connectivity index (χ2n) is 7.92. The van der Waals surface area contributed by atoms with Crippen molar-refractivity contribution < 1.29 is 19.0 Å². The first-order chi connectivity index (χ1) is 13.3. The van der Waals surface area contributed by atoms with Gasteiger partial charge in [0.05, 0.1) is 31.4 Å². The monoisotopic (exact) mass is 384 g/mol. The van der Waals surface area contributed by atoms with Crippen LogP contribution in [-0.4, -0.2) is 42.5 Å². The molecule has 0 saturated carbocycles. The minimum atomic E-state index is -0.500. The standard InChI is InChI=1S/C22H28N2O4/c1-22(2,3)28-21(25)23-17-10-12-18(27-14-17)11-8-15-6-5-7-16-9-13-19(26-4)24-20(15)16/h5-9,11,13,17-18H,10,12,14H2,1-4H3,(H,23,25)/b11-8+/t17-,18-/m1/s1. The molecule has 0 radical (unpaired) electrons. The lowest BCUT2D eigenvalue weighted by Gasteiger charge is -2.29. The number of carbonyl (C=O) groups excluding carboxylic acids is 1. The number of hydrogen-bond acceptors (Lipinski definition) is 5. The first-order valence-electron chi connectivity index (χ1n) is 9.57. The average Bonchev–Trinajstić information content (AvgIpc) is 2.65. The molecular formula is C22H28N2O4. The number of amides is 1. The van der Waals surface area contributed by atoms with E-state index in [1.165, 1.54) is 0 Å². The normalized spacial score (nSPS) is 20.3. The molecule has 6 nitrogen and oxygen atoms in total. The lowest BCUT2D eigenvalue weighted by molar-refractivity contribution is 0.0136. The molecule has 1 amide bonds. The molecule has 1 aliphatic heterocycles. The van der Waals surface area contributed by atoms with Crippen LogP contribution < -0.4 is 10.1 Å². The number of pyridine rings is 1. The lowest BCUT2D eigenvalue weighted by atomic mass is 10.0. The summed E-state index contributed by atoms with van der Waals surface area (Å²) in [5.74, 6) is 0.596. The number of ether oxygens (including phenoxy) is 3. The maximum Gasteiger partial charge on any atom is 0.407 e. The smallest absolute Gasteiger partial charge is 0.407 e. The summed E-state index contributed by atoms with van der Waals surface area (Å²) in [7, 11) is 1.62. The zero-order valence-electron chi connectivity index (χ0n) is 16.9. The van der Waals surface area contributed by atoms with E-state index in [0.717, 1.165) is 29.3 Å². The Kier molecular flexibility index (Phi) is 6.19. The third-order valence-corrected chi connectivity index (χ3v) is 4.46. The molecule has 1 aromatic carbocycles. The highest BCUT2D eigenvalue weighted by Gasteiger charge is 2.24. The maximum absolute atomic E-state index is 11.9. The van der Waals surface area contributed by atoms with Crippen LogP contribution in [0, 0.1) is 0 Å². The van der Waals surface area contributed by atoms with Crippen LogP contribution in [0.25, 0.3) is 17.0 Å². The van der Waals surface area contributed by atoms with Gasteiger partial charge >= 0.3 is 6.09 Å². The van der Waals surface area contributed by atoms with E-state index in [1.54, 1.807) is 7.11 Å². The van der Waals surface area contributed by atoms with Gasteiger partial charge in [0.2, 0.25) is 5.88 Å². The van der Waals surface area contributed by atoms with Crippen molar-refractivity contribution in [1.82, 2.24) is 10.3 Å². The van der Waals surface area contributed by atoms with Crippen LogP contribution in [0.1, 0.15) is 39.2 Å². The Bertz CT molecular complexity index is 849. The Hall–Kier alpha value is -2.60. The van der Waals surface area contributed by atoms with Crippen LogP contribution >= 0.6 is 0 Å². The molecule has 1 aromatic heterocycles. The van der Waals surface area contributed by atoms with Crippen molar-refractivity contribution in [3.05, 3.63) is 42.0 Å². The number of rotatable bonds is 4. The van der Waals surface area contributed by atoms with Crippen molar-refractivity contribution in [2.75, 3.05) is 13.7 Å². The van der Waals surface area contributed by atoms with Gasteiger partial charge in [-0.1, -0.05) is 30.4 Å². The molecule has 3 rings (SSSR count). The summed E-state index contributed by atoms with van der Waals surface area (Å²) in [6.07, 6.45) is 5.39. The third-order valence-electron chi connectivity index (χ3n) is 4.46. The first kappa shape index (κ1) is 20.1. The van der Waals surface area contributed by atoms with Crippen LogP contribution in [0.4, 0.5) is 4.79 Å². The Balaban J connectivity index is 1.58. The highest BCUT2D eigenvalue weighted by Crippen LogP contribution is 2.23. The number of hydrogen-bond donors (Lipinski definition) is 1. The van der Waals surface area contributed by atoms with E-state index >= 15 is 0 Å². The van der Waals surface area contributed by atoms with Gasteiger partial charge in [-0.15, -0.1) is 0 Å². The van der Waals surface area contributed by atoms with Crippen molar-refractivity contribution in [3.63, 3.8) is 0 Å². The zero-order valence-corrected chi connectivity index (χ0v) is 16.9. The summed E-state index contributed by atoms with van der Waals surface area (Å²) in [5, 5.41) is 3.94. The van der Waals surface area contributed by atoms with Gasteiger partial charge in [-0.2, -0.15) is 0 Å². The quantitative estimate of drug-likeness (QED) is 0.850. The van der Waals surface area contributed by atoms with Gasteiger partial charge in [0, 0.05) is 17.0 Å². The summed E-state index contributed by atoms with van der Waals surface area (Å²) >= 11 is 0. The van der Waals surface area contributed by atoms with Gasteiger partial charge in [-0.25, -0.2) is 9.78 Å². The Morgan fingerprint density at radius 2 is 2.07 bits per heavy atom. The largest absolute Gasteiger partial charge is 0.481 e. The van der Waals surface area contributed by atoms with Crippen molar-refractivity contribution in [2.24, 2.45) is 0 Å². The molecule has 2 aromatic rings. The van der Waals surface area contributed by atoms with Gasteiger partial charge in [-0.05, 0) is 39.7 Å². The van der Waals surface area contributed by atoms with Crippen LogP contribution in [0.2, 0.25) is 0 Å². The number of para-hydroxylation sites is 1. The Labute approximate surface area is 165 Å². The molecule has 2 atom stereocenters. The number of nitrogens with one attached hydrogen (secondary N) is 1. The van der Waals surface area contributed by atoms with E-state index in [9.17, 15) is 4.79 Å². The summed E-state index contributed by atoms with van der Waals surface area (Å²) in [4.78, 5) is 16.4. The lowest BCUT2D eigenvalue weighted by Crippen LogP contribution is -2.44. The molecule has 2 heterocycles. The highest BCUT2D eigenvalue weighted by atomic mass is 16.6. The summed E-state index contributed by atoms with van der Waals surface area (Å²) in [6, 6.07) is 9.91. The molecule has 1 N–H and O–H groups in total. The molecule has 1 fully saturated rings. The molecule has 0 unspecified atom stereocenters. The molecular weight excluding hydrogens is 356 g/mol. The maximum atomic E-state index is 11.9. The van der Waals surface area contributed by atoms with Crippen LogP contribution in [0.15, 0.2) is 36.4 Å². The first-order valence-corrected chi connectivity index (χ1v) is 9.57. The molecule has 6 heteroatoms. The van der Waals surface area contributed by atoms with Gasteiger partial charge < -0.3 is 19.5 Å². The third kappa shape index (κ3) is 5.45. The molecule has 0 bridgehead atoms. The molecule has 1 aliphatic rings. The van der Waals surface area contributed by atoms with Gasteiger partial charge in [0.25, 0.3) is 0 Å². The topological polar surface area (TPSA) is 69.7 Å². The molecule has 1 saturated heterocycles. The Morgan fingerprint density at radius 3 is 2.75 bits per heavy atom. The summed E-state index contributed by atoms with van der Waals surface area (Å²) < 4.78 is 16.4. The predicted molar refractivity (Wildman–Crippen MR) is 109 cm³/mol. The number of fused-ring (bicyclic) bond motifs is 1. The number of aromatic nitrogens is 1. The van der Waals surface area contributed by atoms with Gasteiger partial charge in [-0.3, -0.25) is 0 Å². The minimum absolute atomic E-state index is 0.0116. The Morgan fingerprint density at radius 1 is 1.25 bits per heavy atom. The average molecular weight is 384 g/mol. The fraction of sp³-hybridized carbons (Fsp3) is 0.455. The number of methoxy groups -OCH3 is 1. The van der Waals surface area contributed by atoms with Crippen molar-refractivity contribution in [3.8, 4) is 5.88 Å². The predicted octanol–water partition coefficient (Wildman–Crippen LogP) is 4.33. The molecule has 150 valence electrons. The van der Waals surface area contributed by atoms with Crippen LogP contribution in [0.3, 0.4) is 0 Å². The highest BCUT2D eigenvalue weighted by molar-refractivity contribution is 5.87. The van der Waals surface area contributed by atoms with Crippen molar-refractivity contribution >= 4 is 23.1 Å². The second kappa shape index (κ2) is 8.61.